The normalized spacial score (nSPS) is 14.2. The Labute approximate surface area is 229 Å². The molecule has 0 unspecified atom stereocenters. The first-order valence-corrected chi connectivity index (χ1v) is 12.6. The van der Waals surface area contributed by atoms with Gasteiger partial charge < -0.3 is 19.9 Å². The molecule has 4 aromatic rings. The molecule has 0 atom stereocenters. The number of morpholine rings is 1. The molecule has 0 radical (unpaired) electrons. The minimum Gasteiger partial charge on any atom is -0.493 e. The smallest absolute Gasteiger partial charge is 0.293 e. The highest BCUT2D eigenvalue weighted by Crippen LogP contribution is 2.29. The van der Waals surface area contributed by atoms with Crippen molar-refractivity contribution in [1.82, 2.24) is 35.6 Å². The number of amides is 1. The summed E-state index contributed by atoms with van der Waals surface area (Å²) in [5.74, 6) is 0.774. The van der Waals surface area contributed by atoms with E-state index in [0.29, 0.717) is 62.4 Å². The molecule has 208 valence electrons. The van der Waals surface area contributed by atoms with Gasteiger partial charge in [0.1, 0.15) is 6.61 Å². The van der Waals surface area contributed by atoms with Crippen LogP contribution in [0, 0.1) is 0 Å². The SMILES string of the molecule is COc1cc(C(C)=NNC(=O)c2nnn(-c3nonc3N)c2CN2CCOCC2)ccc1OCc1ccccc1. The van der Waals surface area contributed by atoms with Gasteiger partial charge in [-0.05, 0) is 41.0 Å². The Bertz CT molecular complexity index is 1480. The summed E-state index contributed by atoms with van der Waals surface area (Å²) in [5, 5.41) is 19.9. The third-order valence-corrected chi connectivity index (χ3v) is 6.30. The second kappa shape index (κ2) is 12.4. The second-order valence-electron chi connectivity index (χ2n) is 8.94. The van der Waals surface area contributed by atoms with E-state index in [1.807, 2.05) is 36.4 Å². The lowest BCUT2D eigenvalue weighted by molar-refractivity contribution is 0.0332. The van der Waals surface area contributed by atoms with E-state index in [2.05, 4.69) is 36.1 Å². The first-order valence-electron chi connectivity index (χ1n) is 12.6. The van der Waals surface area contributed by atoms with Crippen LogP contribution >= 0.6 is 0 Å². The van der Waals surface area contributed by atoms with Crippen molar-refractivity contribution in [2.75, 3.05) is 39.1 Å². The molecule has 1 amide bonds. The standard InChI is InChI=1S/C26H29N9O5/c1-17(19-8-9-21(22(14-19)37-2)39-16-18-6-4-3-5-7-18)28-30-26(36)23-20(15-34-10-12-38-13-11-34)35(33-29-23)25-24(27)31-40-32-25/h3-9,14H,10-13,15-16H2,1-2H3,(H2,27,31)(H,30,36). The third-order valence-electron chi connectivity index (χ3n) is 6.30. The van der Waals surface area contributed by atoms with Crippen LogP contribution < -0.4 is 20.6 Å². The van der Waals surface area contributed by atoms with Crippen molar-refractivity contribution in [3.05, 3.63) is 71.0 Å². The molecular weight excluding hydrogens is 518 g/mol. The van der Waals surface area contributed by atoms with Crippen LogP contribution in [0.4, 0.5) is 5.82 Å². The maximum Gasteiger partial charge on any atom is 0.293 e. The number of hydrogen-bond acceptors (Lipinski definition) is 12. The van der Waals surface area contributed by atoms with E-state index >= 15 is 0 Å². The molecule has 1 aliphatic heterocycles. The van der Waals surface area contributed by atoms with Crippen LogP contribution in [-0.2, 0) is 17.9 Å². The highest BCUT2D eigenvalue weighted by atomic mass is 16.6. The van der Waals surface area contributed by atoms with Crippen molar-refractivity contribution in [3.8, 4) is 17.3 Å². The average Bonchev–Trinajstić information content (AvgIpc) is 3.61. The zero-order valence-electron chi connectivity index (χ0n) is 22.1. The Morgan fingerprint density at radius 1 is 1.12 bits per heavy atom. The summed E-state index contributed by atoms with van der Waals surface area (Å²) in [7, 11) is 1.57. The fourth-order valence-electron chi connectivity index (χ4n) is 4.10. The van der Waals surface area contributed by atoms with Gasteiger partial charge in [-0.1, -0.05) is 35.5 Å². The summed E-state index contributed by atoms with van der Waals surface area (Å²) < 4.78 is 23.0. The molecule has 2 aromatic heterocycles. The summed E-state index contributed by atoms with van der Waals surface area (Å²) in [5.41, 5.74) is 11.3. The molecule has 1 fully saturated rings. The molecule has 2 aromatic carbocycles. The van der Waals surface area contributed by atoms with Gasteiger partial charge in [-0.15, -0.1) is 5.10 Å². The summed E-state index contributed by atoms with van der Waals surface area (Å²) in [6, 6.07) is 15.3. The first kappa shape index (κ1) is 26.8. The van der Waals surface area contributed by atoms with Crippen molar-refractivity contribution in [3.63, 3.8) is 0 Å². The quantitative estimate of drug-likeness (QED) is 0.219. The molecule has 14 heteroatoms. The number of hydrazone groups is 1. The van der Waals surface area contributed by atoms with Crippen molar-refractivity contribution >= 4 is 17.4 Å². The predicted octanol–water partition coefficient (Wildman–Crippen LogP) is 1.81. The number of anilines is 1. The molecule has 3 heterocycles. The van der Waals surface area contributed by atoms with Crippen molar-refractivity contribution in [1.29, 1.82) is 0 Å². The number of hydrogen-bond donors (Lipinski definition) is 2. The lowest BCUT2D eigenvalue weighted by Gasteiger charge is -2.26. The van der Waals surface area contributed by atoms with E-state index in [-0.39, 0.29) is 17.3 Å². The molecular formula is C26H29N9O5. The lowest BCUT2D eigenvalue weighted by atomic mass is 10.1. The fraction of sp³-hybridized carbons (Fsp3) is 0.308. The number of nitrogen functional groups attached to an aromatic ring is 1. The first-order chi connectivity index (χ1) is 19.5. The number of nitrogens with one attached hydrogen (secondary N) is 1. The van der Waals surface area contributed by atoms with Gasteiger partial charge in [0.05, 0.1) is 31.7 Å². The molecule has 0 bridgehead atoms. The van der Waals surface area contributed by atoms with Crippen LogP contribution in [0.25, 0.3) is 5.82 Å². The second-order valence-corrected chi connectivity index (χ2v) is 8.94. The molecule has 3 N–H and O–H groups in total. The van der Waals surface area contributed by atoms with Gasteiger partial charge in [-0.2, -0.15) is 9.78 Å². The zero-order chi connectivity index (χ0) is 27.9. The Kier molecular flexibility index (Phi) is 8.27. The van der Waals surface area contributed by atoms with E-state index in [9.17, 15) is 4.79 Å². The van der Waals surface area contributed by atoms with E-state index in [1.165, 1.54) is 4.68 Å². The van der Waals surface area contributed by atoms with Crippen molar-refractivity contribution in [2.45, 2.75) is 20.1 Å². The van der Waals surface area contributed by atoms with Crippen molar-refractivity contribution < 1.29 is 23.6 Å². The maximum atomic E-state index is 13.2. The number of rotatable bonds is 10. The van der Waals surface area contributed by atoms with Crippen LogP contribution in [0.2, 0.25) is 0 Å². The van der Waals surface area contributed by atoms with Crippen LogP contribution in [0.15, 0.2) is 58.3 Å². The van der Waals surface area contributed by atoms with Gasteiger partial charge in [0, 0.05) is 25.2 Å². The van der Waals surface area contributed by atoms with Gasteiger partial charge in [0.2, 0.25) is 11.6 Å². The molecule has 5 rings (SSSR count). The van der Waals surface area contributed by atoms with Crippen LogP contribution in [0.1, 0.15) is 34.2 Å². The number of methoxy groups -OCH3 is 1. The van der Waals surface area contributed by atoms with E-state index in [0.717, 1.165) is 11.1 Å². The third kappa shape index (κ3) is 6.08. The number of carbonyl (C=O) groups excluding carboxylic acids is 1. The highest BCUT2D eigenvalue weighted by Gasteiger charge is 2.26. The molecule has 1 aliphatic rings. The Balaban J connectivity index is 1.32. The van der Waals surface area contributed by atoms with Crippen molar-refractivity contribution in [2.24, 2.45) is 5.10 Å². The Morgan fingerprint density at radius 2 is 1.93 bits per heavy atom. The van der Waals surface area contributed by atoms with E-state index < -0.39 is 5.91 Å². The molecule has 0 aliphatic carbocycles. The number of aromatic nitrogens is 5. The predicted molar refractivity (Wildman–Crippen MR) is 143 cm³/mol. The molecule has 14 nitrogen and oxygen atoms in total. The number of benzene rings is 2. The van der Waals surface area contributed by atoms with Crippen LogP contribution in [0.3, 0.4) is 0 Å². The largest absolute Gasteiger partial charge is 0.493 e. The van der Waals surface area contributed by atoms with E-state index in [1.54, 1.807) is 26.2 Å². The molecule has 0 saturated carbocycles. The monoisotopic (exact) mass is 547 g/mol. The summed E-state index contributed by atoms with van der Waals surface area (Å²) in [6.07, 6.45) is 0. The van der Waals surface area contributed by atoms with Gasteiger partial charge in [-0.3, -0.25) is 9.69 Å². The fourth-order valence-corrected chi connectivity index (χ4v) is 4.10. The van der Waals surface area contributed by atoms with E-state index in [4.69, 9.17) is 24.6 Å². The Hall–Kier alpha value is -4.82. The molecule has 40 heavy (non-hydrogen) atoms. The minimum absolute atomic E-state index is 0.0269. The topological polar surface area (TPSA) is 168 Å². The van der Waals surface area contributed by atoms with Gasteiger partial charge in [0.25, 0.3) is 5.91 Å². The Morgan fingerprint density at radius 3 is 2.65 bits per heavy atom. The number of nitrogens with two attached hydrogens (primary N) is 1. The number of nitrogens with zero attached hydrogens (tertiary/aromatic N) is 7. The summed E-state index contributed by atoms with van der Waals surface area (Å²) >= 11 is 0. The van der Waals surface area contributed by atoms with Gasteiger partial charge in [0.15, 0.2) is 17.2 Å². The summed E-state index contributed by atoms with van der Waals surface area (Å²) in [4.78, 5) is 15.3. The lowest BCUT2D eigenvalue weighted by Crippen LogP contribution is -2.37. The minimum atomic E-state index is -0.543. The number of ether oxygens (including phenoxy) is 3. The van der Waals surface area contributed by atoms with Gasteiger partial charge in [-0.25, -0.2) is 10.1 Å². The maximum absolute atomic E-state index is 13.2. The van der Waals surface area contributed by atoms with Crippen LogP contribution in [-0.4, -0.2) is 75.2 Å². The molecule has 1 saturated heterocycles. The summed E-state index contributed by atoms with van der Waals surface area (Å²) in [6.45, 7) is 5.07. The highest BCUT2D eigenvalue weighted by molar-refractivity contribution is 6.01. The van der Waals surface area contributed by atoms with Gasteiger partial charge >= 0.3 is 0 Å². The average molecular weight is 548 g/mol. The zero-order valence-corrected chi connectivity index (χ0v) is 22.1. The number of carbonyl (C=O) groups is 1. The van der Waals surface area contributed by atoms with Crippen LogP contribution in [0.5, 0.6) is 11.5 Å². The molecule has 0 spiro atoms.